The standard InChI is InChI=1S/C30H38F2O2/c1-18-3-5-20(6-4-18)21-7-9-22(10-8-21)23-11-13-24(14-12-23)27-16-15-25-17-26(19(2)33)28(31)29(32)30(25)34-27/h11-14,17-22,27,33H,3-10,15-16H2,1-2H3. The largest absolute Gasteiger partial charge is 0.482 e. The molecule has 2 aliphatic carbocycles. The summed E-state index contributed by atoms with van der Waals surface area (Å²) in [7, 11) is 0. The summed E-state index contributed by atoms with van der Waals surface area (Å²) in [4.78, 5) is 0. The van der Waals surface area contributed by atoms with Crippen LogP contribution in [0.2, 0.25) is 0 Å². The lowest BCUT2D eigenvalue weighted by molar-refractivity contribution is 0.161. The second kappa shape index (κ2) is 9.97. The van der Waals surface area contributed by atoms with E-state index in [0.717, 1.165) is 23.3 Å². The van der Waals surface area contributed by atoms with Gasteiger partial charge in [0, 0.05) is 5.56 Å². The molecule has 2 nitrogen and oxygen atoms in total. The van der Waals surface area contributed by atoms with Crippen molar-refractivity contribution in [1.82, 2.24) is 0 Å². The van der Waals surface area contributed by atoms with Gasteiger partial charge in [0.1, 0.15) is 6.10 Å². The molecule has 34 heavy (non-hydrogen) atoms. The van der Waals surface area contributed by atoms with Crippen molar-refractivity contribution in [2.45, 2.75) is 96.2 Å². The summed E-state index contributed by atoms with van der Waals surface area (Å²) < 4.78 is 35.0. The Morgan fingerprint density at radius 3 is 2.03 bits per heavy atom. The Morgan fingerprint density at radius 2 is 1.41 bits per heavy atom. The van der Waals surface area contributed by atoms with Crippen LogP contribution < -0.4 is 4.74 Å². The molecule has 2 atom stereocenters. The van der Waals surface area contributed by atoms with Gasteiger partial charge >= 0.3 is 0 Å². The zero-order valence-corrected chi connectivity index (χ0v) is 20.5. The summed E-state index contributed by atoms with van der Waals surface area (Å²) in [6.07, 6.45) is 10.9. The highest BCUT2D eigenvalue weighted by atomic mass is 19.2. The van der Waals surface area contributed by atoms with Crippen molar-refractivity contribution in [3.8, 4) is 5.75 Å². The van der Waals surface area contributed by atoms with Gasteiger partial charge in [-0.05, 0) is 105 Å². The topological polar surface area (TPSA) is 29.5 Å². The smallest absolute Gasteiger partial charge is 0.201 e. The number of fused-ring (bicyclic) bond motifs is 1. The first kappa shape index (κ1) is 23.8. The fourth-order valence-corrected chi connectivity index (χ4v) is 6.69. The van der Waals surface area contributed by atoms with Crippen LogP contribution >= 0.6 is 0 Å². The van der Waals surface area contributed by atoms with Crippen molar-refractivity contribution in [1.29, 1.82) is 0 Å². The minimum absolute atomic E-state index is 0.00217. The number of aryl methyl sites for hydroxylation is 1. The normalized spacial score (nSPS) is 30.3. The Hall–Kier alpha value is -1.94. The van der Waals surface area contributed by atoms with Crippen LogP contribution in [0.15, 0.2) is 30.3 Å². The minimum atomic E-state index is -1.05. The quantitative estimate of drug-likeness (QED) is 0.490. The van der Waals surface area contributed by atoms with Crippen LogP contribution in [-0.2, 0) is 6.42 Å². The molecule has 2 fully saturated rings. The zero-order valence-electron chi connectivity index (χ0n) is 20.5. The molecule has 0 saturated heterocycles. The van der Waals surface area contributed by atoms with E-state index in [1.165, 1.54) is 63.9 Å². The molecular formula is C30H38F2O2. The van der Waals surface area contributed by atoms with E-state index in [-0.39, 0.29) is 17.4 Å². The molecule has 2 saturated carbocycles. The van der Waals surface area contributed by atoms with Crippen LogP contribution in [-0.4, -0.2) is 5.11 Å². The van der Waals surface area contributed by atoms with Gasteiger partial charge in [-0.15, -0.1) is 0 Å². The SMILES string of the molecule is CC1CCC(C2CCC(c3ccc(C4CCc5cc(C(C)O)c(F)c(F)c5O4)cc3)CC2)CC1. The molecule has 1 heterocycles. The van der Waals surface area contributed by atoms with Crippen molar-refractivity contribution in [2.75, 3.05) is 0 Å². The predicted molar refractivity (Wildman–Crippen MR) is 131 cm³/mol. The molecule has 0 bridgehead atoms. The molecule has 2 aromatic carbocycles. The Bertz CT molecular complexity index is 984. The van der Waals surface area contributed by atoms with Gasteiger partial charge < -0.3 is 9.84 Å². The lowest BCUT2D eigenvalue weighted by Crippen LogP contribution is -2.24. The van der Waals surface area contributed by atoms with Crippen LogP contribution in [0.4, 0.5) is 8.78 Å². The van der Waals surface area contributed by atoms with Gasteiger partial charge in [0.25, 0.3) is 0 Å². The van der Waals surface area contributed by atoms with E-state index < -0.39 is 17.7 Å². The first-order valence-corrected chi connectivity index (χ1v) is 13.4. The van der Waals surface area contributed by atoms with Gasteiger partial charge in [-0.1, -0.05) is 44.0 Å². The average Bonchev–Trinajstić information content (AvgIpc) is 2.86. The van der Waals surface area contributed by atoms with Crippen molar-refractivity contribution in [3.63, 3.8) is 0 Å². The zero-order chi connectivity index (χ0) is 23.8. The van der Waals surface area contributed by atoms with Crippen molar-refractivity contribution in [2.24, 2.45) is 17.8 Å². The van der Waals surface area contributed by atoms with E-state index in [9.17, 15) is 13.9 Å². The third kappa shape index (κ3) is 4.76. The molecule has 0 spiro atoms. The lowest BCUT2D eigenvalue weighted by Gasteiger charge is -2.37. The number of benzene rings is 2. The van der Waals surface area contributed by atoms with Crippen LogP contribution in [0, 0.1) is 29.4 Å². The number of halogens is 2. The maximum absolute atomic E-state index is 14.7. The van der Waals surface area contributed by atoms with Gasteiger partial charge in [0.15, 0.2) is 11.6 Å². The third-order valence-corrected chi connectivity index (χ3v) is 8.93. The van der Waals surface area contributed by atoms with E-state index in [1.807, 2.05) is 0 Å². The maximum atomic E-state index is 14.7. The fraction of sp³-hybridized carbons (Fsp3) is 0.600. The Balaban J connectivity index is 1.21. The molecule has 2 aromatic rings. The fourth-order valence-electron chi connectivity index (χ4n) is 6.69. The highest BCUT2D eigenvalue weighted by molar-refractivity contribution is 5.43. The first-order chi connectivity index (χ1) is 16.4. The maximum Gasteiger partial charge on any atom is 0.201 e. The number of hydrogen-bond acceptors (Lipinski definition) is 2. The van der Waals surface area contributed by atoms with Crippen molar-refractivity contribution in [3.05, 3.63) is 64.2 Å². The second-order valence-electron chi connectivity index (χ2n) is 11.2. The Kier molecular flexibility index (Phi) is 6.97. The molecule has 2 unspecified atom stereocenters. The summed E-state index contributed by atoms with van der Waals surface area (Å²) in [6.45, 7) is 3.84. The molecule has 5 rings (SSSR count). The summed E-state index contributed by atoms with van der Waals surface area (Å²) in [5.74, 6) is 1.42. The third-order valence-electron chi connectivity index (χ3n) is 8.93. The van der Waals surface area contributed by atoms with E-state index in [2.05, 4.69) is 31.2 Å². The lowest BCUT2D eigenvalue weighted by atomic mass is 9.68. The van der Waals surface area contributed by atoms with Crippen LogP contribution in [0.1, 0.15) is 112 Å². The van der Waals surface area contributed by atoms with E-state index in [4.69, 9.17) is 4.74 Å². The van der Waals surface area contributed by atoms with Gasteiger partial charge in [0.2, 0.25) is 5.82 Å². The molecule has 1 N–H and O–H groups in total. The van der Waals surface area contributed by atoms with Gasteiger partial charge in [-0.3, -0.25) is 0 Å². The monoisotopic (exact) mass is 468 g/mol. The van der Waals surface area contributed by atoms with Gasteiger partial charge in [-0.2, -0.15) is 4.39 Å². The highest BCUT2D eigenvalue weighted by Crippen LogP contribution is 2.44. The van der Waals surface area contributed by atoms with Crippen LogP contribution in [0.5, 0.6) is 5.75 Å². The predicted octanol–water partition coefficient (Wildman–Crippen LogP) is 8.18. The number of hydrogen-bond donors (Lipinski definition) is 1. The molecule has 0 amide bonds. The number of ether oxygens (including phenoxy) is 1. The molecule has 0 radical (unpaired) electrons. The molecule has 184 valence electrons. The van der Waals surface area contributed by atoms with Gasteiger partial charge in [-0.25, -0.2) is 4.39 Å². The van der Waals surface area contributed by atoms with E-state index >= 15 is 0 Å². The Morgan fingerprint density at radius 1 is 0.824 bits per heavy atom. The number of rotatable bonds is 4. The average molecular weight is 469 g/mol. The number of aliphatic hydroxyl groups is 1. The molecule has 3 aliphatic rings. The highest BCUT2D eigenvalue weighted by Gasteiger charge is 2.31. The summed E-state index contributed by atoms with van der Waals surface area (Å²) in [5.41, 5.74) is 3.04. The molecule has 4 heteroatoms. The summed E-state index contributed by atoms with van der Waals surface area (Å²) in [5, 5.41) is 9.74. The van der Waals surface area contributed by atoms with E-state index in [0.29, 0.717) is 24.3 Å². The van der Waals surface area contributed by atoms with Gasteiger partial charge in [0.05, 0.1) is 6.10 Å². The van der Waals surface area contributed by atoms with Crippen molar-refractivity contribution >= 4 is 0 Å². The second-order valence-corrected chi connectivity index (χ2v) is 11.2. The van der Waals surface area contributed by atoms with E-state index in [1.54, 1.807) is 6.07 Å². The molecule has 0 aromatic heterocycles. The van der Waals surface area contributed by atoms with Crippen molar-refractivity contribution < 1.29 is 18.6 Å². The molecule has 1 aliphatic heterocycles. The summed E-state index contributed by atoms with van der Waals surface area (Å²) >= 11 is 0. The molecular weight excluding hydrogens is 430 g/mol. The summed E-state index contributed by atoms with van der Waals surface area (Å²) in [6, 6.07) is 10.2. The minimum Gasteiger partial charge on any atom is -0.482 e. The first-order valence-electron chi connectivity index (χ1n) is 13.4. The number of aliphatic hydroxyl groups excluding tert-OH is 1. The van der Waals surface area contributed by atoms with Crippen LogP contribution in [0.3, 0.4) is 0 Å². The Labute approximate surface area is 202 Å². The van der Waals surface area contributed by atoms with Crippen LogP contribution in [0.25, 0.3) is 0 Å².